The van der Waals surface area contributed by atoms with Crippen LogP contribution in [-0.4, -0.2) is 19.8 Å². The second-order valence-electron chi connectivity index (χ2n) is 6.11. The van der Waals surface area contributed by atoms with Gasteiger partial charge in [0.25, 0.3) is 0 Å². The van der Waals surface area contributed by atoms with Gasteiger partial charge < -0.3 is 5.32 Å². The molecular weight excluding hydrogens is 268 g/mol. The Morgan fingerprint density at radius 1 is 1.27 bits per heavy atom. The third kappa shape index (κ3) is 9.38. The summed E-state index contributed by atoms with van der Waals surface area (Å²) < 4.78 is 0. The monoisotopic (exact) mass is 302 g/mol. The summed E-state index contributed by atoms with van der Waals surface area (Å²) in [6.45, 7) is 17.8. The second-order valence-corrected chi connectivity index (χ2v) is 6.11. The zero-order valence-electron chi connectivity index (χ0n) is 15.2. The molecule has 0 radical (unpaired) electrons. The highest BCUT2D eigenvalue weighted by molar-refractivity contribution is 5.72. The van der Waals surface area contributed by atoms with E-state index < -0.39 is 0 Å². The number of aliphatic imine (C=N–C) groups is 1. The summed E-state index contributed by atoms with van der Waals surface area (Å²) in [6.07, 6.45) is 11.6. The van der Waals surface area contributed by atoms with Crippen molar-refractivity contribution in [2.75, 3.05) is 13.6 Å². The molecule has 0 amide bonds. The fourth-order valence-corrected chi connectivity index (χ4v) is 2.44. The van der Waals surface area contributed by atoms with Crippen LogP contribution in [0.1, 0.15) is 47.0 Å². The van der Waals surface area contributed by atoms with E-state index >= 15 is 0 Å². The van der Waals surface area contributed by atoms with Crippen molar-refractivity contribution in [3.63, 3.8) is 0 Å². The van der Waals surface area contributed by atoms with Crippen molar-refractivity contribution in [1.29, 1.82) is 0 Å². The molecule has 1 unspecified atom stereocenters. The average Bonchev–Trinajstić information content (AvgIpc) is 2.45. The molecule has 0 aromatic rings. The largest absolute Gasteiger partial charge is 0.389 e. The molecule has 0 spiro atoms. The minimum atomic E-state index is 0.530. The molecular formula is C20H34N2. The molecule has 0 aliphatic rings. The van der Waals surface area contributed by atoms with Gasteiger partial charge in [-0.25, -0.2) is 0 Å². The minimum absolute atomic E-state index is 0.530. The van der Waals surface area contributed by atoms with Crippen molar-refractivity contribution in [2.24, 2.45) is 16.8 Å². The van der Waals surface area contributed by atoms with Crippen LogP contribution in [-0.2, 0) is 0 Å². The zero-order valence-corrected chi connectivity index (χ0v) is 15.2. The number of hydrogen-bond acceptors (Lipinski definition) is 2. The van der Waals surface area contributed by atoms with Gasteiger partial charge in [-0.05, 0) is 55.2 Å². The van der Waals surface area contributed by atoms with Crippen LogP contribution < -0.4 is 5.32 Å². The summed E-state index contributed by atoms with van der Waals surface area (Å²) in [5, 5.41) is 3.31. The number of nitrogens with zero attached hydrogens (tertiary/aromatic N) is 1. The highest BCUT2D eigenvalue weighted by Gasteiger charge is 2.14. The van der Waals surface area contributed by atoms with Crippen LogP contribution in [0.25, 0.3) is 0 Å². The summed E-state index contributed by atoms with van der Waals surface area (Å²) >= 11 is 0. The molecule has 2 heteroatoms. The predicted molar refractivity (Wildman–Crippen MR) is 101 cm³/mol. The van der Waals surface area contributed by atoms with E-state index in [4.69, 9.17) is 0 Å². The van der Waals surface area contributed by atoms with E-state index in [0.717, 1.165) is 30.7 Å². The molecule has 0 saturated carbocycles. The molecule has 1 N–H and O–H groups in total. The van der Waals surface area contributed by atoms with E-state index in [1.807, 2.05) is 13.0 Å². The lowest BCUT2D eigenvalue weighted by molar-refractivity contribution is 0.513. The summed E-state index contributed by atoms with van der Waals surface area (Å²) in [5.74, 6) is 1.09. The maximum absolute atomic E-state index is 4.26. The summed E-state index contributed by atoms with van der Waals surface area (Å²) in [4.78, 5) is 3.98. The van der Waals surface area contributed by atoms with E-state index in [-0.39, 0.29) is 0 Å². The lowest BCUT2D eigenvalue weighted by Crippen LogP contribution is -2.14. The number of nitrogens with one attached hydrogen (secondary N) is 1. The number of allylic oxidation sites excluding steroid dienone is 6. The van der Waals surface area contributed by atoms with E-state index in [9.17, 15) is 0 Å². The van der Waals surface area contributed by atoms with E-state index in [1.54, 1.807) is 13.3 Å². The fraction of sp³-hybridized carbons (Fsp3) is 0.550. The highest BCUT2D eigenvalue weighted by atomic mass is 14.9. The normalized spacial score (nSPS) is 14.0. The molecule has 0 aliphatic heterocycles. The van der Waals surface area contributed by atoms with Crippen molar-refractivity contribution in [3.05, 3.63) is 48.2 Å². The first kappa shape index (κ1) is 20.4. The molecule has 124 valence electrons. The lowest BCUT2D eigenvalue weighted by atomic mass is 9.85. The van der Waals surface area contributed by atoms with Crippen LogP contribution in [0.3, 0.4) is 0 Å². The minimum Gasteiger partial charge on any atom is -0.389 e. The lowest BCUT2D eigenvalue weighted by Gasteiger charge is -2.21. The van der Waals surface area contributed by atoms with Gasteiger partial charge in [-0.15, -0.1) is 0 Å². The molecule has 0 aromatic carbocycles. The Kier molecular flexibility index (Phi) is 11.2. The van der Waals surface area contributed by atoms with Crippen LogP contribution in [0.4, 0.5) is 0 Å². The first-order chi connectivity index (χ1) is 10.4. The van der Waals surface area contributed by atoms with Gasteiger partial charge in [-0.3, -0.25) is 4.99 Å². The van der Waals surface area contributed by atoms with Crippen molar-refractivity contribution in [3.8, 4) is 0 Å². The summed E-state index contributed by atoms with van der Waals surface area (Å²) in [5.41, 5.74) is 3.53. The smallest absolute Gasteiger partial charge is 0.0277 e. The third-order valence-corrected chi connectivity index (χ3v) is 3.50. The highest BCUT2D eigenvalue weighted by Crippen LogP contribution is 2.28. The Labute approximate surface area is 137 Å². The Balaban J connectivity index is 4.89. The average molecular weight is 303 g/mol. The summed E-state index contributed by atoms with van der Waals surface area (Å²) in [6, 6.07) is 0. The molecule has 0 heterocycles. The first-order valence-corrected chi connectivity index (χ1v) is 8.31. The van der Waals surface area contributed by atoms with Gasteiger partial charge in [0.2, 0.25) is 0 Å². The summed E-state index contributed by atoms with van der Waals surface area (Å²) in [7, 11) is 1.78. The molecule has 1 atom stereocenters. The van der Waals surface area contributed by atoms with Gasteiger partial charge in [0, 0.05) is 25.5 Å². The molecule has 0 saturated heterocycles. The Hall–Kier alpha value is -1.57. The van der Waals surface area contributed by atoms with Gasteiger partial charge in [-0.1, -0.05) is 46.1 Å². The van der Waals surface area contributed by atoms with Crippen LogP contribution in [0, 0.1) is 11.8 Å². The fourth-order valence-electron chi connectivity index (χ4n) is 2.44. The van der Waals surface area contributed by atoms with Gasteiger partial charge in [0.1, 0.15) is 0 Å². The SMILES string of the molecule is C=C(C)NCCCC(CC)/C(=C/C(C)C)C(=C)/C=C\C=N/C. The van der Waals surface area contributed by atoms with Crippen LogP contribution >= 0.6 is 0 Å². The van der Waals surface area contributed by atoms with Crippen molar-refractivity contribution < 1.29 is 0 Å². The van der Waals surface area contributed by atoms with Gasteiger partial charge in [-0.2, -0.15) is 0 Å². The van der Waals surface area contributed by atoms with Crippen LogP contribution in [0.15, 0.2) is 53.2 Å². The van der Waals surface area contributed by atoms with E-state index in [0.29, 0.717) is 11.8 Å². The Bertz CT molecular complexity index is 425. The van der Waals surface area contributed by atoms with Crippen LogP contribution in [0.2, 0.25) is 0 Å². The van der Waals surface area contributed by atoms with Gasteiger partial charge in [0.15, 0.2) is 0 Å². The molecule has 0 fully saturated rings. The second kappa shape index (κ2) is 12.0. The predicted octanol–water partition coefficient (Wildman–Crippen LogP) is 5.31. The Morgan fingerprint density at radius 3 is 2.45 bits per heavy atom. The number of rotatable bonds is 11. The van der Waals surface area contributed by atoms with Gasteiger partial charge in [0.05, 0.1) is 0 Å². The number of hydrogen-bond donors (Lipinski definition) is 1. The quantitative estimate of drug-likeness (QED) is 0.312. The standard InChI is InChI=1S/C20H34N2/c1-8-19(12-10-14-22-17(4)5)20(15-16(2)3)18(6)11-9-13-21-7/h9,11,13,15-16,19,22H,4,6,8,10,12,14H2,1-3,5,7H3/b11-9-,20-15+,21-13-. The third-order valence-electron chi connectivity index (χ3n) is 3.50. The molecule has 2 nitrogen and oxygen atoms in total. The molecule has 0 aliphatic carbocycles. The topological polar surface area (TPSA) is 24.4 Å². The van der Waals surface area contributed by atoms with Crippen molar-refractivity contribution in [2.45, 2.75) is 47.0 Å². The molecule has 0 aromatic heterocycles. The first-order valence-electron chi connectivity index (χ1n) is 8.31. The van der Waals surface area contributed by atoms with Crippen LogP contribution in [0.5, 0.6) is 0 Å². The molecule has 0 rings (SSSR count). The van der Waals surface area contributed by atoms with Crippen molar-refractivity contribution >= 4 is 6.21 Å². The molecule has 22 heavy (non-hydrogen) atoms. The molecule has 0 bridgehead atoms. The maximum Gasteiger partial charge on any atom is 0.0277 e. The van der Waals surface area contributed by atoms with Gasteiger partial charge >= 0.3 is 0 Å². The van der Waals surface area contributed by atoms with Crippen molar-refractivity contribution in [1.82, 2.24) is 5.32 Å². The van der Waals surface area contributed by atoms with E-state index in [1.165, 1.54) is 12.0 Å². The Morgan fingerprint density at radius 2 is 1.95 bits per heavy atom. The maximum atomic E-state index is 4.26. The van der Waals surface area contributed by atoms with E-state index in [2.05, 4.69) is 56.4 Å². The zero-order chi connectivity index (χ0) is 17.0.